The fraction of sp³-hybridized carbons (Fsp3) is 0.429. The van der Waals surface area contributed by atoms with E-state index in [1.807, 2.05) is 19.3 Å². The van der Waals surface area contributed by atoms with Gasteiger partial charge in [-0.3, -0.25) is 0 Å². The van der Waals surface area contributed by atoms with Crippen LogP contribution in [0, 0.1) is 0 Å². The van der Waals surface area contributed by atoms with Crippen molar-refractivity contribution in [3.05, 3.63) is 23.9 Å². The Kier molecular flexibility index (Phi) is 1.90. The first-order chi connectivity index (χ1) is 4.33. The molecule has 0 bridgehead atoms. The first kappa shape index (κ1) is 6.36. The normalized spacial score (nSPS) is 18.0. The molecule has 0 aromatic rings. The van der Waals surface area contributed by atoms with Crippen LogP contribution in [0.4, 0.5) is 0 Å². The van der Waals surface area contributed by atoms with Crippen LogP contribution >= 0.6 is 0 Å². The molecule has 9 heavy (non-hydrogen) atoms. The van der Waals surface area contributed by atoms with Crippen molar-refractivity contribution >= 4 is 0 Å². The highest BCUT2D eigenvalue weighted by Gasteiger charge is 1.96. The summed E-state index contributed by atoms with van der Waals surface area (Å²) in [4.78, 5) is 2.11. The van der Waals surface area contributed by atoms with Gasteiger partial charge in [0.1, 0.15) is 0 Å². The first-order valence-electron chi connectivity index (χ1n) is 3.10. The van der Waals surface area contributed by atoms with Crippen molar-refractivity contribution in [3.8, 4) is 0 Å². The predicted molar refractivity (Wildman–Crippen MR) is 38.9 cm³/mol. The molecule has 1 rings (SSSR count). The van der Waals surface area contributed by atoms with E-state index >= 15 is 0 Å². The van der Waals surface area contributed by atoms with E-state index < -0.39 is 0 Å². The van der Waals surface area contributed by atoms with Gasteiger partial charge in [-0.05, 0) is 17.8 Å². The molecular weight excluding hydrogens is 112 g/mol. The van der Waals surface area contributed by atoms with Crippen LogP contribution < -0.4 is 5.73 Å². The quantitative estimate of drug-likeness (QED) is 0.546. The lowest BCUT2D eigenvalue weighted by Gasteiger charge is -2.15. The third-order valence-electron chi connectivity index (χ3n) is 1.42. The Labute approximate surface area is 55.6 Å². The number of nitrogens with zero attached hydrogens (tertiary/aromatic N) is 1. The second-order valence-electron chi connectivity index (χ2n) is 2.24. The van der Waals surface area contributed by atoms with Gasteiger partial charge in [0.05, 0.1) is 0 Å². The molecule has 0 unspecified atom stereocenters. The summed E-state index contributed by atoms with van der Waals surface area (Å²) in [6.07, 6.45) is 6.23. The molecule has 0 fully saturated rings. The van der Waals surface area contributed by atoms with Crippen LogP contribution in [0.3, 0.4) is 0 Å². The molecule has 2 nitrogen and oxygen atoms in total. The maximum absolute atomic E-state index is 5.41. The molecule has 0 saturated heterocycles. The van der Waals surface area contributed by atoms with Crippen molar-refractivity contribution in [2.24, 2.45) is 5.73 Å². The minimum atomic E-state index is 0.657. The van der Waals surface area contributed by atoms with E-state index in [9.17, 15) is 0 Å². The monoisotopic (exact) mass is 124 g/mol. The van der Waals surface area contributed by atoms with Gasteiger partial charge in [-0.1, -0.05) is 6.08 Å². The van der Waals surface area contributed by atoms with Crippen molar-refractivity contribution in [3.63, 3.8) is 0 Å². The fourth-order valence-corrected chi connectivity index (χ4v) is 0.764. The van der Waals surface area contributed by atoms with Crippen LogP contribution in [0.15, 0.2) is 23.9 Å². The Hall–Kier alpha value is -0.760. The standard InChI is InChI=1S/C7H12N2/c1-9-4-2-7(6-8)3-5-9/h2-4H,5-6,8H2,1H3. The van der Waals surface area contributed by atoms with Crippen LogP contribution in [0.5, 0.6) is 0 Å². The molecule has 0 aliphatic carbocycles. The summed E-state index contributed by atoms with van der Waals surface area (Å²) in [7, 11) is 2.04. The lowest BCUT2D eigenvalue weighted by atomic mass is 10.2. The molecule has 0 radical (unpaired) electrons. The van der Waals surface area contributed by atoms with Gasteiger partial charge in [0.15, 0.2) is 0 Å². The Morgan fingerprint density at radius 1 is 1.78 bits per heavy atom. The lowest BCUT2D eigenvalue weighted by molar-refractivity contribution is 0.501. The topological polar surface area (TPSA) is 29.3 Å². The molecule has 1 aliphatic heterocycles. The molecule has 0 spiro atoms. The van der Waals surface area contributed by atoms with E-state index in [2.05, 4.69) is 11.0 Å². The zero-order valence-corrected chi connectivity index (χ0v) is 5.67. The van der Waals surface area contributed by atoms with Gasteiger partial charge in [0.25, 0.3) is 0 Å². The van der Waals surface area contributed by atoms with Gasteiger partial charge in [-0.25, -0.2) is 0 Å². The molecule has 0 aromatic carbocycles. The van der Waals surface area contributed by atoms with Gasteiger partial charge in [0, 0.05) is 20.1 Å². The van der Waals surface area contributed by atoms with Crippen molar-refractivity contribution < 1.29 is 0 Å². The zero-order valence-electron chi connectivity index (χ0n) is 5.67. The summed E-state index contributed by atoms with van der Waals surface area (Å²) in [5, 5.41) is 0. The Balaban J connectivity index is 2.52. The van der Waals surface area contributed by atoms with Crippen LogP contribution in [0.25, 0.3) is 0 Å². The van der Waals surface area contributed by atoms with Crippen LogP contribution in [-0.2, 0) is 0 Å². The highest BCUT2D eigenvalue weighted by atomic mass is 15.1. The number of rotatable bonds is 1. The maximum atomic E-state index is 5.41. The molecule has 0 saturated carbocycles. The molecule has 0 aromatic heterocycles. The van der Waals surface area contributed by atoms with E-state index in [0.29, 0.717) is 6.54 Å². The van der Waals surface area contributed by atoms with Gasteiger partial charge >= 0.3 is 0 Å². The largest absolute Gasteiger partial charge is 0.377 e. The molecule has 50 valence electrons. The van der Waals surface area contributed by atoms with Crippen molar-refractivity contribution in [1.29, 1.82) is 0 Å². The summed E-state index contributed by atoms with van der Waals surface area (Å²) in [6, 6.07) is 0. The third-order valence-corrected chi connectivity index (χ3v) is 1.42. The molecule has 2 N–H and O–H groups in total. The molecule has 1 heterocycles. The number of hydrogen-bond acceptors (Lipinski definition) is 2. The Morgan fingerprint density at radius 3 is 3.00 bits per heavy atom. The molecule has 0 atom stereocenters. The Morgan fingerprint density at radius 2 is 2.56 bits per heavy atom. The second kappa shape index (κ2) is 2.69. The Bertz CT molecular complexity index is 147. The van der Waals surface area contributed by atoms with Crippen LogP contribution in [0.1, 0.15) is 0 Å². The summed E-state index contributed by atoms with van der Waals surface area (Å²) < 4.78 is 0. The SMILES string of the molecule is CN1C=CC(CN)=CC1. The molecule has 0 amide bonds. The summed E-state index contributed by atoms with van der Waals surface area (Å²) in [5.74, 6) is 0. The summed E-state index contributed by atoms with van der Waals surface area (Å²) in [6.45, 7) is 1.65. The number of likely N-dealkylation sites (N-methyl/N-ethyl adjacent to an activating group) is 1. The van der Waals surface area contributed by atoms with Crippen LogP contribution in [-0.4, -0.2) is 25.0 Å². The van der Waals surface area contributed by atoms with Gasteiger partial charge in [-0.2, -0.15) is 0 Å². The smallest absolute Gasteiger partial charge is 0.0356 e. The third kappa shape index (κ3) is 1.57. The zero-order chi connectivity index (χ0) is 6.69. The highest BCUT2D eigenvalue weighted by Crippen LogP contribution is 2.01. The number of nitrogens with two attached hydrogens (primary N) is 1. The molecule has 2 heteroatoms. The van der Waals surface area contributed by atoms with Crippen molar-refractivity contribution in [1.82, 2.24) is 4.90 Å². The van der Waals surface area contributed by atoms with Gasteiger partial charge in [0.2, 0.25) is 0 Å². The van der Waals surface area contributed by atoms with Gasteiger partial charge < -0.3 is 10.6 Å². The second-order valence-corrected chi connectivity index (χ2v) is 2.24. The lowest BCUT2D eigenvalue weighted by Crippen LogP contribution is -2.16. The van der Waals surface area contributed by atoms with Crippen molar-refractivity contribution in [2.75, 3.05) is 20.1 Å². The van der Waals surface area contributed by atoms with E-state index in [-0.39, 0.29) is 0 Å². The van der Waals surface area contributed by atoms with E-state index in [4.69, 9.17) is 5.73 Å². The van der Waals surface area contributed by atoms with E-state index in [0.717, 1.165) is 6.54 Å². The van der Waals surface area contributed by atoms with E-state index in [1.54, 1.807) is 0 Å². The summed E-state index contributed by atoms with van der Waals surface area (Å²) in [5.41, 5.74) is 6.64. The summed E-state index contributed by atoms with van der Waals surface area (Å²) >= 11 is 0. The van der Waals surface area contributed by atoms with Gasteiger partial charge in [-0.15, -0.1) is 0 Å². The molecule has 1 aliphatic rings. The minimum absolute atomic E-state index is 0.657. The van der Waals surface area contributed by atoms with Crippen LogP contribution in [0.2, 0.25) is 0 Å². The fourth-order valence-electron chi connectivity index (χ4n) is 0.764. The molecular formula is C7H12N2. The predicted octanol–water partition coefficient (Wildman–Crippen LogP) is 0.331. The maximum Gasteiger partial charge on any atom is 0.0356 e. The average Bonchev–Trinajstić information content (AvgIpc) is 1.90. The van der Waals surface area contributed by atoms with Crippen molar-refractivity contribution in [2.45, 2.75) is 0 Å². The number of hydrogen-bond donors (Lipinski definition) is 1. The highest BCUT2D eigenvalue weighted by molar-refractivity contribution is 5.23. The minimum Gasteiger partial charge on any atom is -0.377 e. The first-order valence-corrected chi connectivity index (χ1v) is 3.10. The average molecular weight is 124 g/mol. The van der Waals surface area contributed by atoms with E-state index in [1.165, 1.54) is 5.57 Å².